The van der Waals surface area contributed by atoms with Gasteiger partial charge in [-0.2, -0.15) is 0 Å². The van der Waals surface area contributed by atoms with E-state index in [1.807, 2.05) is 6.92 Å². The minimum atomic E-state index is 0.299. The van der Waals surface area contributed by atoms with Crippen LogP contribution in [0, 0.1) is 11.8 Å². The van der Waals surface area contributed by atoms with Crippen LogP contribution in [-0.2, 0) is 0 Å². The quantitative estimate of drug-likeness (QED) is 0.597. The summed E-state index contributed by atoms with van der Waals surface area (Å²) in [5.41, 5.74) is 0. The van der Waals surface area contributed by atoms with Crippen molar-refractivity contribution >= 4 is 0 Å². The molecule has 1 atom stereocenters. The summed E-state index contributed by atoms with van der Waals surface area (Å²) in [4.78, 5) is 0. The normalized spacial score (nSPS) is 14.9. The average Bonchev–Trinajstić information content (AvgIpc) is 1.87. The van der Waals surface area contributed by atoms with Crippen molar-refractivity contribution in [2.75, 3.05) is 6.61 Å². The maximum absolute atomic E-state index is 8.68. The average molecular weight is 142 g/mol. The van der Waals surface area contributed by atoms with Crippen molar-refractivity contribution in [1.82, 2.24) is 0 Å². The van der Waals surface area contributed by atoms with Gasteiger partial charge in [-0.1, -0.05) is 26.0 Å². The third-order valence-corrected chi connectivity index (χ3v) is 1.76. The zero-order valence-electron chi connectivity index (χ0n) is 7.17. The van der Waals surface area contributed by atoms with Gasteiger partial charge in [-0.3, -0.25) is 0 Å². The van der Waals surface area contributed by atoms with Crippen molar-refractivity contribution in [3.8, 4) is 0 Å². The smallest absolute Gasteiger partial charge is 0.0436 e. The first kappa shape index (κ1) is 9.70. The molecule has 0 bridgehead atoms. The summed E-state index contributed by atoms with van der Waals surface area (Å²) >= 11 is 0. The van der Waals surface area contributed by atoms with Gasteiger partial charge in [-0.25, -0.2) is 0 Å². The summed E-state index contributed by atoms with van der Waals surface area (Å²) in [6, 6.07) is 0. The van der Waals surface area contributed by atoms with Crippen LogP contribution in [-0.4, -0.2) is 11.7 Å². The van der Waals surface area contributed by atoms with Gasteiger partial charge in [0.2, 0.25) is 0 Å². The van der Waals surface area contributed by atoms with Crippen molar-refractivity contribution in [3.63, 3.8) is 0 Å². The van der Waals surface area contributed by atoms with Crippen molar-refractivity contribution in [3.05, 3.63) is 12.2 Å². The van der Waals surface area contributed by atoms with E-state index in [1.54, 1.807) is 0 Å². The van der Waals surface area contributed by atoms with Gasteiger partial charge < -0.3 is 5.11 Å². The SMILES string of the molecule is C/C=C/[C@H](CCO)C(C)C. The van der Waals surface area contributed by atoms with Crippen LogP contribution >= 0.6 is 0 Å². The van der Waals surface area contributed by atoms with E-state index < -0.39 is 0 Å². The van der Waals surface area contributed by atoms with Gasteiger partial charge in [-0.05, 0) is 25.2 Å². The third-order valence-electron chi connectivity index (χ3n) is 1.76. The lowest BCUT2D eigenvalue weighted by molar-refractivity contribution is 0.252. The number of aliphatic hydroxyl groups is 1. The number of aliphatic hydroxyl groups excluding tert-OH is 1. The van der Waals surface area contributed by atoms with Crippen LogP contribution < -0.4 is 0 Å². The molecule has 0 radical (unpaired) electrons. The molecular formula is C9H18O. The molecule has 0 aliphatic carbocycles. The highest BCUT2D eigenvalue weighted by molar-refractivity contribution is 4.86. The fraction of sp³-hybridized carbons (Fsp3) is 0.778. The van der Waals surface area contributed by atoms with Gasteiger partial charge in [0.05, 0.1) is 0 Å². The Morgan fingerprint density at radius 3 is 2.30 bits per heavy atom. The second kappa shape index (κ2) is 5.48. The molecule has 0 rings (SSSR count). The first-order valence-electron chi connectivity index (χ1n) is 3.96. The Balaban J connectivity index is 3.72. The Kier molecular flexibility index (Phi) is 5.32. The summed E-state index contributed by atoms with van der Waals surface area (Å²) in [5, 5.41) is 8.68. The van der Waals surface area contributed by atoms with Crippen molar-refractivity contribution in [1.29, 1.82) is 0 Å². The molecule has 0 heterocycles. The molecule has 0 unspecified atom stereocenters. The molecule has 0 aliphatic rings. The molecule has 0 aromatic carbocycles. The van der Waals surface area contributed by atoms with E-state index in [-0.39, 0.29) is 0 Å². The summed E-state index contributed by atoms with van der Waals surface area (Å²) in [7, 11) is 0. The number of allylic oxidation sites excluding steroid dienone is 2. The fourth-order valence-corrected chi connectivity index (χ4v) is 1.05. The van der Waals surface area contributed by atoms with Crippen LogP contribution in [0.3, 0.4) is 0 Å². The Morgan fingerprint density at radius 1 is 1.40 bits per heavy atom. The molecule has 60 valence electrons. The van der Waals surface area contributed by atoms with Gasteiger partial charge >= 0.3 is 0 Å². The molecule has 0 saturated carbocycles. The summed E-state index contributed by atoms with van der Waals surface area (Å²) < 4.78 is 0. The third kappa shape index (κ3) is 3.67. The molecule has 0 amide bonds. The van der Waals surface area contributed by atoms with E-state index in [1.165, 1.54) is 0 Å². The van der Waals surface area contributed by atoms with E-state index in [0.717, 1.165) is 6.42 Å². The second-order valence-corrected chi connectivity index (χ2v) is 2.95. The van der Waals surface area contributed by atoms with Gasteiger partial charge in [0.25, 0.3) is 0 Å². The second-order valence-electron chi connectivity index (χ2n) is 2.95. The summed E-state index contributed by atoms with van der Waals surface area (Å²) in [5.74, 6) is 1.19. The lowest BCUT2D eigenvalue weighted by Gasteiger charge is -2.14. The van der Waals surface area contributed by atoms with Gasteiger partial charge in [0, 0.05) is 6.61 Å². The standard InChI is InChI=1S/C9H18O/c1-4-5-9(6-7-10)8(2)3/h4-5,8-10H,6-7H2,1-3H3/b5-4+/t9-/m1/s1. The Hall–Kier alpha value is -0.300. The van der Waals surface area contributed by atoms with E-state index in [0.29, 0.717) is 18.4 Å². The highest BCUT2D eigenvalue weighted by Gasteiger charge is 2.07. The zero-order chi connectivity index (χ0) is 7.98. The number of hydrogen-bond donors (Lipinski definition) is 1. The van der Waals surface area contributed by atoms with Crippen LogP contribution in [0.1, 0.15) is 27.2 Å². The minimum absolute atomic E-state index is 0.299. The Morgan fingerprint density at radius 2 is 2.00 bits per heavy atom. The molecule has 0 spiro atoms. The predicted molar refractivity (Wildman–Crippen MR) is 44.8 cm³/mol. The van der Waals surface area contributed by atoms with Gasteiger partial charge in [0.1, 0.15) is 0 Å². The predicted octanol–water partition coefficient (Wildman–Crippen LogP) is 2.22. The molecule has 0 aromatic heterocycles. The van der Waals surface area contributed by atoms with Crippen LogP contribution in [0.2, 0.25) is 0 Å². The lowest BCUT2D eigenvalue weighted by atomic mass is 9.93. The Labute approximate surface area is 63.8 Å². The maximum atomic E-state index is 8.68. The van der Waals surface area contributed by atoms with E-state index in [2.05, 4.69) is 26.0 Å². The molecule has 0 fully saturated rings. The van der Waals surface area contributed by atoms with Crippen LogP contribution in [0.15, 0.2) is 12.2 Å². The van der Waals surface area contributed by atoms with Gasteiger partial charge in [0.15, 0.2) is 0 Å². The summed E-state index contributed by atoms with van der Waals surface area (Å²) in [6.45, 7) is 6.68. The minimum Gasteiger partial charge on any atom is -0.396 e. The van der Waals surface area contributed by atoms with Crippen LogP contribution in [0.5, 0.6) is 0 Å². The summed E-state index contributed by atoms with van der Waals surface area (Å²) in [6.07, 6.45) is 5.11. The van der Waals surface area contributed by atoms with Crippen molar-refractivity contribution in [2.24, 2.45) is 11.8 Å². The molecule has 0 saturated heterocycles. The monoisotopic (exact) mass is 142 g/mol. The highest BCUT2D eigenvalue weighted by atomic mass is 16.3. The molecule has 0 aliphatic heterocycles. The van der Waals surface area contributed by atoms with E-state index in [4.69, 9.17) is 5.11 Å². The van der Waals surface area contributed by atoms with E-state index >= 15 is 0 Å². The molecule has 1 nitrogen and oxygen atoms in total. The zero-order valence-corrected chi connectivity index (χ0v) is 7.17. The molecule has 10 heavy (non-hydrogen) atoms. The number of hydrogen-bond acceptors (Lipinski definition) is 1. The Bertz CT molecular complexity index is 94.9. The largest absolute Gasteiger partial charge is 0.396 e. The molecule has 1 N–H and O–H groups in total. The lowest BCUT2D eigenvalue weighted by Crippen LogP contribution is -2.07. The number of rotatable bonds is 4. The van der Waals surface area contributed by atoms with Crippen LogP contribution in [0.4, 0.5) is 0 Å². The van der Waals surface area contributed by atoms with Crippen molar-refractivity contribution < 1.29 is 5.11 Å². The first-order chi connectivity index (χ1) is 4.72. The van der Waals surface area contributed by atoms with E-state index in [9.17, 15) is 0 Å². The van der Waals surface area contributed by atoms with Gasteiger partial charge in [-0.15, -0.1) is 0 Å². The first-order valence-corrected chi connectivity index (χ1v) is 3.96. The molecule has 0 aromatic rings. The molecule has 1 heteroatoms. The fourth-order valence-electron chi connectivity index (χ4n) is 1.05. The van der Waals surface area contributed by atoms with Crippen LogP contribution in [0.25, 0.3) is 0 Å². The maximum Gasteiger partial charge on any atom is 0.0436 e. The van der Waals surface area contributed by atoms with Crippen molar-refractivity contribution in [2.45, 2.75) is 27.2 Å². The highest BCUT2D eigenvalue weighted by Crippen LogP contribution is 2.15. The molecular weight excluding hydrogens is 124 g/mol. The topological polar surface area (TPSA) is 20.2 Å².